The van der Waals surface area contributed by atoms with Crippen molar-refractivity contribution in [2.24, 2.45) is 0 Å². The molecule has 0 aliphatic carbocycles. The summed E-state index contributed by atoms with van der Waals surface area (Å²) in [4.78, 5) is 18.5. The molecule has 1 aliphatic rings. The molecule has 4 nitrogen and oxygen atoms in total. The standard InChI is InChI=1S/C17H20N2O2S/c1-13-2-4-15(5-3-13)21-12-16(20)19-9-6-14(7-10-19)17-18-8-11-22-17/h2-5,8,11,14H,6-7,9-10,12H2,1H3. The lowest BCUT2D eigenvalue weighted by atomic mass is 9.97. The second-order valence-electron chi connectivity index (χ2n) is 5.63. The summed E-state index contributed by atoms with van der Waals surface area (Å²) in [5.41, 5.74) is 1.18. The van der Waals surface area contributed by atoms with Crippen LogP contribution in [0.15, 0.2) is 35.8 Å². The van der Waals surface area contributed by atoms with Gasteiger partial charge in [0.25, 0.3) is 5.91 Å². The molecule has 2 aromatic rings. The van der Waals surface area contributed by atoms with Crippen molar-refractivity contribution >= 4 is 17.2 Å². The largest absolute Gasteiger partial charge is 0.484 e. The van der Waals surface area contributed by atoms with Crippen molar-refractivity contribution in [2.75, 3.05) is 19.7 Å². The summed E-state index contributed by atoms with van der Waals surface area (Å²) in [6.45, 7) is 3.73. The highest BCUT2D eigenvalue weighted by Crippen LogP contribution is 2.29. The molecule has 0 atom stereocenters. The van der Waals surface area contributed by atoms with E-state index in [9.17, 15) is 4.79 Å². The maximum atomic E-state index is 12.2. The first-order valence-corrected chi connectivity index (χ1v) is 8.47. The Morgan fingerprint density at radius 2 is 2.05 bits per heavy atom. The summed E-state index contributed by atoms with van der Waals surface area (Å²) in [5.74, 6) is 1.32. The van der Waals surface area contributed by atoms with Crippen LogP contribution in [0.1, 0.15) is 29.3 Å². The number of carbonyl (C=O) groups is 1. The molecule has 1 saturated heterocycles. The summed E-state index contributed by atoms with van der Waals surface area (Å²) in [5, 5.41) is 3.21. The summed E-state index contributed by atoms with van der Waals surface area (Å²) in [6.07, 6.45) is 3.83. The number of benzene rings is 1. The molecule has 3 rings (SSSR count). The highest BCUT2D eigenvalue weighted by molar-refractivity contribution is 7.09. The molecule has 0 unspecified atom stereocenters. The molecule has 0 saturated carbocycles. The zero-order chi connectivity index (χ0) is 15.4. The van der Waals surface area contributed by atoms with Gasteiger partial charge in [-0.25, -0.2) is 4.98 Å². The molecule has 22 heavy (non-hydrogen) atoms. The van der Waals surface area contributed by atoms with E-state index in [0.717, 1.165) is 31.7 Å². The van der Waals surface area contributed by atoms with Crippen LogP contribution >= 0.6 is 11.3 Å². The van der Waals surface area contributed by atoms with E-state index in [-0.39, 0.29) is 12.5 Å². The quantitative estimate of drug-likeness (QED) is 0.869. The van der Waals surface area contributed by atoms with Crippen LogP contribution in [0.3, 0.4) is 0 Å². The zero-order valence-electron chi connectivity index (χ0n) is 12.7. The normalized spacial score (nSPS) is 15.8. The highest BCUT2D eigenvalue weighted by atomic mass is 32.1. The Balaban J connectivity index is 1.46. The third-order valence-corrected chi connectivity index (χ3v) is 4.97. The number of aryl methyl sites for hydroxylation is 1. The lowest BCUT2D eigenvalue weighted by Crippen LogP contribution is -2.40. The molecule has 0 N–H and O–H groups in total. The number of amides is 1. The lowest BCUT2D eigenvalue weighted by Gasteiger charge is -2.31. The molecule has 2 heterocycles. The van der Waals surface area contributed by atoms with Crippen LogP contribution in [0.25, 0.3) is 0 Å². The van der Waals surface area contributed by atoms with Crippen LogP contribution in [0, 0.1) is 6.92 Å². The Kier molecular flexibility index (Phi) is 4.73. The maximum absolute atomic E-state index is 12.2. The van der Waals surface area contributed by atoms with Gasteiger partial charge in [0.1, 0.15) is 5.75 Å². The van der Waals surface area contributed by atoms with Gasteiger partial charge in [-0.3, -0.25) is 4.79 Å². The monoisotopic (exact) mass is 316 g/mol. The van der Waals surface area contributed by atoms with Crippen LogP contribution in [-0.2, 0) is 4.79 Å². The van der Waals surface area contributed by atoms with Gasteiger partial charge < -0.3 is 9.64 Å². The van der Waals surface area contributed by atoms with Gasteiger partial charge in [-0.1, -0.05) is 17.7 Å². The highest BCUT2D eigenvalue weighted by Gasteiger charge is 2.25. The Labute approximate surface area is 134 Å². The van der Waals surface area contributed by atoms with Gasteiger partial charge >= 0.3 is 0 Å². The minimum Gasteiger partial charge on any atom is -0.484 e. The molecule has 1 aliphatic heterocycles. The summed E-state index contributed by atoms with van der Waals surface area (Å²) in [6, 6.07) is 7.77. The van der Waals surface area contributed by atoms with E-state index in [2.05, 4.69) is 4.98 Å². The van der Waals surface area contributed by atoms with E-state index in [0.29, 0.717) is 5.92 Å². The third kappa shape index (κ3) is 3.65. The Hall–Kier alpha value is -1.88. The zero-order valence-corrected chi connectivity index (χ0v) is 13.5. The number of hydrogen-bond acceptors (Lipinski definition) is 4. The summed E-state index contributed by atoms with van der Waals surface area (Å²) < 4.78 is 5.57. The fraction of sp³-hybridized carbons (Fsp3) is 0.412. The molecule has 0 spiro atoms. The number of piperidine rings is 1. The van der Waals surface area contributed by atoms with Gasteiger partial charge in [-0.15, -0.1) is 11.3 Å². The smallest absolute Gasteiger partial charge is 0.260 e. The first kappa shape index (κ1) is 15.0. The molecule has 0 radical (unpaired) electrons. The average molecular weight is 316 g/mol. The fourth-order valence-corrected chi connectivity index (χ4v) is 3.49. The van der Waals surface area contributed by atoms with Crippen molar-refractivity contribution in [3.8, 4) is 5.75 Å². The molecule has 116 valence electrons. The number of likely N-dealkylation sites (tertiary alicyclic amines) is 1. The van der Waals surface area contributed by atoms with E-state index >= 15 is 0 Å². The molecule has 1 amide bonds. The second-order valence-corrected chi connectivity index (χ2v) is 6.55. The number of ether oxygens (including phenoxy) is 1. The van der Waals surface area contributed by atoms with Gasteiger partial charge in [-0.2, -0.15) is 0 Å². The number of thiazole rings is 1. The van der Waals surface area contributed by atoms with E-state index in [1.165, 1.54) is 10.6 Å². The molecular weight excluding hydrogens is 296 g/mol. The molecule has 1 aromatic carbocycles. The average Bonchev–Trinajstić information content (AvgIpc) is 3.09. The van der Waals surface area contributed by atoms with Crippen LogP contribution in [0.5, 0.6) is 5.75 Å². The predicted octanol–water partition coefficient (Wildman–Crippen LogP) is 3.24. The minimum absolute atomic E-state index is 0.0677. The topological polar surface area (TPSA) is 42.4 Å². The molecule has 5 heteroatoms. The first-order valence-electron chi connectivity index (χ1n) is 7.59. The number of rotatable bonds is 4. The van der Waals surface area contributed by atoms with Gasteiger partial charge in [-0.05, 0) is 31.9 Å². The third-order valence-electron chi connectivity index (χ3n) is 4.03. The second kappa shape index (κ2) is 6.92. The Morgan fingerprint density at radius 1 is 1.32 bits per heavy atom. The summed E-state index contributed by atoms with van der Waals surface area (Å²) >= 11 is 1.71. The minimum atomic E-state index is 0.0677. The van der Waals surface area contributed by atoms with Crippen molar-refractivity contribution < 1.29 is 9.53 Å². The van der Waals surface area contributed by atoms with Gasteiger partial charge in [0.2, 0.25) is 0 Å². The van der Waals surface area contributed by atoms with Crippen LogP contribution in [0.4, 0.5) is 0 Å². The molecule has 0 bridgehead atoms. The van der Waals surface area contributed by atoms with Crippen LogP contribution in [0.2, 0.25) is 0 Å². The van der Waals surface area contributed by atoms with Gasteiger partial charge in [0, 0.05) is 30.6 Å². The molecular formula is C17H20N2O2S. The molecule has 1 aromatic heterocycles. The maximum Gasteiger partial charge on any atom is 0.260 e. The van der Waals surface area contributed by atoms with Crippen molar-refractivity contribution in [3.05, 3.63) is 46.4 Å². The number of hydrogen-bond donors (Lipinski definition) is 0. The lowest BCUT2D eigenvalue weighted by molar-refractivity contribution is -0.134. The predicted molar refractivity (Wildman–Crippen MR) is 87.3 cm³/mol. The van der Waals surface area contributed by atoms with Crippen molar-refractivity contribution in [1.29, 1.82) is 0 Å². The van der Waals surface area contributed by atoms with E-state index < -0.39 is 0 Å². The number of carbonyl (C=O) groups excluding carboxylic acids is 1. The first-order chi connectivity index (χ1) is 10.7. The van der Waals surface area contributed by atoms with Crippen LogP contribution in [-0.4, -0.2) is 35.5 Å². The van der Waals surface area contributed by atoms with E-state index in [1.807, 2.05) is 47.7 Å². The molecule has 1 fully saturated rings. The van der Waals surface area contributed by atoms with Crippen molar-refractivity contribution in [2.45, 2.75) is 25.7 Å². The van der Waals surface area contributed by atoms with Gasteiger partial charge in [0.15, 0.2) is 6.61 Å². The SMILES string of the molecule is Cc1ccc(OCC(=O)N2CCC(c3nccs3)CC2)cc1. The van der Waals surface area contributed by atoms with Gasteiger partial charge in [0.05, 0.1) is 5.01 Å². The Bertz CT molecular complexity index is 602. The van der Waals surface area contributed by atoms with Crippen molar-refractivity contribution in [1.82, 2.24) is 9.88 Å². The number of nitrogens with zero attached hydrogens (tertiary/aromatic N) is 2. The van der Waals surface area contributed by atoms with Crippen LogP contribution < -0.4 is 4.74 Å². The van der Waals surface area contributed by atoms with Crippen molar-refractivity contribution in [3.63, 3.8) is 0 Å². The fourth-order valence-electron chi connectivity index (χ4n) is 2.68. The van der Waals surface area contributed by atoms with E-state index in [4.69, 9.17) is 4.74 Å². The number of aromatic nitrogens is 1. The van der Waals surface area contributed by atoms with E-state index in [1.54, 1.807) is 11.3 Å². The summed E-state index contributed by atoms with van der Waals surface area (Å²) in [7, 11) is 0. The Morgan fingerprint density at radius 3 is 2.68 bits per heavy atom.